The minimum atomic E-state index is -1.08. The van der Waals surface area contributed by atoms with Gasteiger partial charge in [-0.25, -0.2) is 0 Å². The predicted molar refractivity (Wildman–Crippen MR) is 131 cm³/mol. The van der Waals surface area contributed by atoms with Crippen LogP contribution in [-0.4, -0.2) is 61.1 Å². The van der Waals surface area contributed by atoms with Crippen LogP contribution in [0.4, 0.5) is 0 Å². The van der Waals surface area contributed by atoms with Crippen LogP contribution >= 0.6 is 0 Å². The molecule has 35 heavy (non-hydrogen) atoms. The smallest absolute Gasteiger partial charge is 0.266 e. The monoisotopic (exact) mass is 487 g/mol. The zero-order valence-electron chi connectivity index (χ0n) is 20.8. The Balaban J connectivity index is 1.88. The maximum atomic E-state index is 13.1. The second kappa shape index (κ2) is 14.9. The zero-order chi connectivity index (χ0) is 25.6. The molecule has 1 aliphatic rings. The van der Waals surface area contributed by atoms with E-state index in [9.17, 15) is 24.0 Å². The summed E-state index contributed by atoms with van der Waals surface area (Å²) in [5.74, 6) is -1.54. The van der Waals surface area contributed by atoms with E-state index in [-0.39, 0.29) is 42.2 Å². The quantitative estimate of drug-likeness (QED) is 0.198. The van der Waals surface area contributed by atoms with Gasteiger partial charge in [0, 0.05) is 26.4 Å². The lowest BCUT2D eigenvalue weighted by atomic mass is 10.1. The fourth-order valence-corrected chi connectivity index (χ4v) is 4.08. The van der Waals surface area contributed by atoms with Crippen LogP contribution in [0.1, 0.15) is 91.8 Å². The van der Waals surface area contributed by atoms with Crippen molar-refractivity contribution in [2.24, 2.45) is 0 Å². The van der Waals surface area contributed by atoms with Gasteiger partial charge < -0.3 is 20.2 Å². The molecule has 0 aromatic heterocycles. The third-order valence-corrected chi connectivity index (χ3v) is 5.99. The molecular weight excluding hydrogens is 450 g/mol. The molecule has 2 N–H and O–H groups in total. The highest BCUT2D eigenvalue weighted by atomic mass is 16.5. The largest absolute Gasteiger partial charge is 0.493 e. The van der Waals surface area contributed by atoms with Crippen molar-refractivity contribution in [2.75, 3.05) is 20.2 Å². The topological polar surface area (TPSA) is 122 Å². The number of rotatable bonds is 17. The van der Waals surface area contributed by atoms with Gasteiger partial charge in [0.25, 0.3) is 11.8 Å². The maximum Gasteiger partial charge on any atom is 0.266 e. The first kappa shape index (κ1) is 28.0. The van der Waals surface area contributed by atoms with Gasteiger partial charge in [-0.3, -0.25) is 24.1 Å². The standard InChI is InChI=1S/C26H37N3O6/c1-3-4-5-6-7-8-16-28-22(31)15-11-18-35-21-14-9-12-19-23(21)26(34)29(25(19)33)20(13-10-17-30)24(32)27-2/h9,12,14,17,20H,3-8,10-11,13,15-16,18H2,1-2H3,(H,27,32)(H,28,31). The van der Waals surface area contributed by atoms with Crippen LogP contribution < -0.4 is 15.4 Å². The molecule has 4 amide bonds. The summed E-state index contributed by atoms with van der Waals surface area (Å²) >= 11 is 0. The van der Waals surface area contributed by atoms with Crippen LogP contribution in [0.25, 0.3) is 0 Å². The molecule has 0 bridgehead atoms. The molecule has 9 heteroatoms. The highest BCUT2D eigenvalue weighted by Crippen LogP contribution is 2.33. The van der Waals surface area contributed by atoms with Gasteiger partial charge in [0.1, 0.15) is 18.1 Å². The fraction of sp³-hybridized carbons (Fsp3) is 0.577. The fourth-order valence-electron chi connectivity index (χ4n) is 4.08. The average Bonchev–Trinajstić information content (AvgIpc) is 3.12. The van der Waals surface area contributed by atoms with Gasteiger partial charge in [0.05, 0.1) is 17.7 Å². The van der Waals surface area contributed by atoms with Gasteiger partial charge in [-0.15, -0.1) is 0 Å². The van der Waals surface area contributed by atoms with Crippen molar-refractivity contribution in [1.29, 1.82) is 0 Å². The van der Waals surface area contributed by atoms with E-state index in [2.05, 4.69) is 17.6 Å². The average molecular weight is 488 g/mol. The number of unbranched alkanes of at least 4 members (excludes halogenated alkanes) is 5. The summed E-state index contributed by atoms with van der Waals surface area (Å²) in [7, 11) is 1.41. The SMILES string of the molecule is CCCCCCCCNC(=O)CCCOc1cccc2c1C(=O)N(C(CCC=O)C(=O)NC)C2=O. The maximum absolute atomic E-state index is 13.1. The van der Waals surface area contributed by atoms with Crippen LogP contribution in [0.15, 0.2) is 18.2 Å². The number of benzene rings is 1. The molecule has 1 aliphatic heterocycles. The number of ether oxygens (including phenoxy) is 1. The van der Waals surface area contributed by atoms with Crippen molar-refractivity contribution in [1.82, 2.24) is 15.5 Å². The van der Waals surface area contributed by atoms with Gasteiger partial charge in [-0.2, -0.15) is 0 Å². The molecule has 0 saturated heterocycles. The van der Waals surface area contributed by atoms with E-state index < -0.39 is 23.8 Å². The third kappa shape index (κ3) is 7.90. The Hall–Kier alpha value is -3.23. The van der Waals surface area contributed by atoms with E-state index in [4.69, 9.17) is 4.74 Å². The number of hydrogen-bond donors (Lipinski definition) is 2. The van der Waals surface area contributed by atoms with E-state index in [1.807, 2.05) is 0 Å². The number of aldehydes is 1. The molecule has 1 aromatic carbocycles. The predicted octanol–water partition coefficient (Wildman–Crippen LogP) is 3.01. The Morgan fingerprint density at radius 1 is 1.06 bits per heavy atom. The van der Waals surface area contributed by atoms with E-state index in [0.29, 0.717) is 25.7 Å². The molecular formula is C26H37N3O6. The molecule has 1 unspecified atom stereocenters. The molecule has 192 valence electrons. The molecule has 9 nitrogen and oxygen atoms in total. The van der Waals surface area contributed by atoms with Gasteiger partial charge in [0.2, 0.25) is 11.8 Å². The Bertz CT molecular complexity index is 901. The van der Waals surface area contributed by atoms with Crippen molar-refractivity contribution in [2.45, 2.75) is 77.2 Å². The Labute approximate surface area is 207 Å². The van der Waals surface area contributed by atoms with Gasteiger partial charge in [-0.1, -0.05) is 45.1 Å². The van der Waals surface area contributed by atoms with E-state index in [1.54, 1.807) is 12.1 Å². The number of amides is 4. The number of imide groups is 1. The molecule has 0 saturated carbocycles. The lowest BCUT2D eigenvalue weighted by Crippen LogP contribution is -2.48. The first-order valence-corrected chi connectivity index (χ1v) is 12.5. The molecule has 0 aliphatic carbocycles. The molecule has 2 rings (SSSR count). The van der Waals surface area contributed by atoms with Crippen LogP contribution in [0.2, 0.25) is 0 Å². The summed E-state index contributed by atoms with van der Waals surface area (Å²) in [6, 6.07) is 3.63. The lowest BCUT2D eigenvalue weighted by Gasteiger charge is -2.24. The summed E-state index contributed by atoms with van der Waals surface area (Å²) in [5.41, 5.74) is 0.259. The van der Waals surface area contributed by atoms with Crippen LogP contribution in [0.5, 0.6) is 5.75 Å². The number of fused-ring (bicyclic) bond motifs is 1. The van der Waals surface area contributed by atoms with Crippen molar-refractivity contribution in [3.63, 3.8) is 0 Å². The van der Waals surface area contributed by atoms with Crippen LogP contribution in [0.3, 0.4) is 0 Å². The number of nitrogens with one attached hydrogen (secondary N) is 2. The minimum Gasteiger partial charge on any atom is -0.493 e. The Kier molecular flexibility index (Phi) is 11.9. The number of nitrogens with zero attached hydrogens (tertiary/aromatic N) is 1. The van der Waals surface area contributed by atoms with Crippen LogP contribution in [0, 0.1) is 0 Å². The summed E-state index contributed by atoms with van der Waals surface area (Å²) < 4.78 is 5.76. The summed E-state index contributed by atoms with van der Waals surface area (Å²) in [6.45, 7) is 3.05. The number of carbonyl (C=O) groups excluding carboxylic acids is 5. The van der Waals surface area contributed by atoms with Gasteiger partial charge in [-0.05, 0) is 31.4 Å². The summed E-state index contributed by atoms with van der Waals surface area (Å²) in [5, 5.41) is 5.36. The summed E-state index contributed by atoms with van der Waals surface area (Å²) in [6.07, 6.45) is 8.46. The third-order valence-electron chi connectivity index (χ3n) is 5.99. The van der Waals surface area contributed by atoms with Crippen molar-refractivity contribution >= 4 is 29.9 Å². The summed E-state index contributed by atoms with van der Waals surface area (Å²) in [4.78, 5) is 62.1. The lowest BCUT2D eigenvalue weighted by molar-refractivity contribution is -0.125. The molecule has 1 aromatic rings. The molecule has 1 heterocycles. The molecule has 1 atom stereocenters. The Morgan fingerprint density at radius 3 is 2.51 bits per heavy atom. The molecule has 0 spiro atoms. The van der Waals surface area contributed by atoms with E-state index in [0.717, 1.165) is 17.7 Å². The highest BCUT2D eigenvalue weighted by molar-refractivity contribution is 6.24. The molecule has 0 fully saturated rings. The number of carbonyl (C=O) groups is 5. The van der Waals surface area contributed by atoms with Crippen molar-refractivity contribution in [3.8, 4) is 5.75 Å². The molecule has 0 radical (unpaired) electrons. The second-order valence-corrected chi connectivity index (χ2v) is 8.60. The minimum absolute atomic E-state index is 0.0375. The van der Waals surface area contributed by atoms with E-state index >= 15 is 0 Å². The number of likely N-dealkylation sites (N-methyl/N-ethyl adjacent to an activating group) is 1. The zero-order valence-corrected chi connectivity index (χ0v) is 20.8. The highest BCUT2D eigenvalue weighted by Gasteiger charge is 2.44. The normalized spacial score (nSPS) is 13.4. The van der Waals surface area contributed by atoms with Crippen molar-refractivity contribution in [3.05, 3.63) is 29.3 Å². The van der Waals surface area contributed by atoms with E-state index in [1.165, 1.54) is 38.8 Å². The van der Waals surface area contributed by atoms with Crippen molar-refractivity contribution < 1.29 is 28.7 Å². The first-order valence-electron chi connectivity index (χ1n) is 12.5. The first-order chi connectivity index (χ1) is 17.0. The Morgan fingerprint density at radius 2 is 1.80 bits per heavy atom. The second-order valence-electron chi connectivity index (χ2n) is 8.60. The van der Waals surface area contributed by atoms with Crippen LogP contribution in [-0.2, 0) is 14.4 Å². The number of hydrogen-bond acceptors (Lipinski definition) is 6. The van der Waals surface area contributed by atoms with Gasteiger partial charge in [0.15, 0.2) is 0 Å². The van der Waals surface area contributed by atoms with Gasteiger partial charge >= 0.3 is 0 Å².